The lowest BCUT2D eigenvalue weighted by atomic mass is 10.1. The minimum Gasteiger partial charge on any atom is -0.378 e. The third-order valence-corrected chi connectivity index (χ3v) is 4.18. The van der Waals surface area contributed by atoms with Crippen molar-refractivity contribution in [1.82, 2.24) is 10.3 Å². The molecule has 1 aromatic heterocycles. The molecule has 1 aliphatic rings. The number of nitro groups is 1. The molecule has 1 amide bonds. The summed E-state index contributed by atoms with van der Waals surface area (Å²) in [5.74, 6) is 0.508. The van der Waals surface area contributed by atoms with Gasteiger partial charge >= 0.3 is 0 Å². The Labute approximate surface area is 156 Å². The Hall–Kier alpha value is -3.26. The highest BCUT2D eigenvalue weighted by molar-refractivity contribution is 5.92. The third-order valence-electron chi connectivity index (χ3n) is 4.18. The lowest BCUT2D eigenvalue weighted by Gasteiger charge is -2.29. The summed E-state index contributed by atoms with van der Waals surface area (Å²) in [5.41, 5.74) is 1.25. The average Bonchev–Trinajstić information content (AvgIpc) is 2.71. The fourth-order valence-electron chi connectivity index (χ4n) is 2.83. The molecule has 0 bridgehead atoms. The van der Waals surface area contributed by atoms with Crippen LogP contribution in [0.3, 0.4) is 0 Å². The fraction of sp³-hybridized carbons (Fsp3) is 0.263. The Balaban J connectivity index is 1.64. The zero-order valence-corrected chi connectivity index (χ0v) is 14.7. The Morgan fingerprint density at radius 2 is 2.04 bits per heavy atom. The van der Waals surface area contributed by atoms with Gasteiger partial charge in [0.1, 0.15) is 5.82 Å². The number of hydrogen-bond donors (Lipinski definition) is 1. The van der Waals surface area contributed by atoms with Gasteiger partial charge < -0.3 is 15.0 Å². The highest BCUT2D eigenvalue weighted by Crippen LogP contribution is 2.20. The molecule has 3 rings (SSSR count). The smallest absolute Gasteiger partial charge is 0.276 e. The maximum atomic E-state index is 12.1. The molecule has 0 aliphatic carbocycles. The number of carbonyl (C=O) groups excluding carboxylic acids is 1. The molecule has 0 radical (unpaired) electrons. The van der Waals surface area contributed by atoms with E-state index in [4.69, 9.17) is 4.74 Å². The quantitative estimate of drug-likeness (QED) is 0.477. The van der Waals surface area contributed by atoms with Crippen LogP contribution in [0.2, 0.25) is 0 Å². The lowest BCUT2D eigenvalue weighted by molar-refractivity contribution is -0.385. The first kappa shape index (κ1) is 18.5. The number of ether oxygens (including phenoxy) is 1. The summed E-state index contributed by atoms with van der Waals surface area (Å²) in [6.45, 7) is 3.15. The molecule has 140 valence electrons. The number of pyridine rings is 1. The van der Waals surface area contributed by atoms with Crippen molar-refractivity contribution < 1.29 is 14.5 Å². The van der Waals surface area contributed by atoms with Gasteiger partial charge in [0.25, 0.3) is 5.69 Å². The summed E-state index contributed by atoms with van der Waals surface area (Å²) in [7, 11) is 0. The molecule has 0 atom stereocenters. The zero-order chi connectivity index (χ0) is 19.1. The van der Waals surface area contributed by atoms with Gasteiger partial charge in [-0.25, -0.2) is 4.98 Å². The number of nitro benzene ring substituents is 1. The Bertz CT molecular complexity index is 847. The van der Waals surface area contributed by atoms with Crippen LogP contribution in [0.25, 0.3) is 6.08 Å². The van der Waals surface area contributed by atoms with Crippen molar-refractivity contribution in [2.45, 2.75) is 6.54 Å². The maximum absolute atomic E-state index is 12.1. The van der Waals surface area contributed by atoms with Gasteiger partial charge in [0, 0.05) is 43.5 Å². The second-order valence-corrected chi connectivity index (χ2v) is 5.95. The third kappa shape index (κ3) is 4.89. The first-order valence-electron chi connectivity index (χ1n) is 8.61. The molecule has 2 heterocycles. The number of aromatic nitrogens is 1. The van der Waals surface area contributed by atoms with Crippen LogP contribution < -0.4 is 10.2 Å². The van der Waals surface area contributed by atoms with Crippen LogP contribution in [0.15, 0.2) is 48.7 Å². The molecule has 1 saturated heterocycles. The number of amides is 1. The summed E-state index contributed by atoms with van der Waals surface area (Å²) in [6.07, 6.45) is 4.47. The first-order chi connectivity index (χ1) is 13.1. The maximum Gasteiger partial charge on any atom is 0.276 e. The van der Waals surface area contributed by atoms with E-state index in [0.29, 0.717) is 25.3 Å². The van der Waals surface area contributed by atoms with E-state index >= 15 is 0 Å². The number of rotatable bonds is 6. The van der Waals surface area contributed by atoms with Gasteiger partial charge in [-0.1, -0.05) is 18.2 Å². The van der Waals surface area contributed by atoms with E-state index in [9.17, 15) is 14.9 Å². The van der Waals surface area contributed by atoms with Gasteiger partial charge in [-0.05, 0) is 18.2 Å². The number of nitrogens with one attached hydrogen (secondary N) is 1. The molecule has 27 heavy (non-hydrogen) atoms. The summed E-state index contributed by atoms with van der Waals surface area (Å²) >= 11 is 0. The molecule has 8 heteroatoms. The van der Waals surface area contributed by atoms with E-state index in [-0.39, 0.29) is 11.6 Å². The van der Waals surface area contributed by atoms with Crippen LogP contribution in [0.1, 0.15) is 11.1 Å². The van der Waals surface area contributed by atoms with Crippen LogP contribution in [-0.4, -0.2) is 42.1 Å². The van der Waals surface area contributed by atoms with E-state index in [1.165, 1.54) is 18.2 Å². The second kappa shape index (κ2) is 8.91. The normalized spacial score (nSPS) is 14.3. The van der Waals surface area contributed by atoms with E-state index in [1.54, 1.807) is 24.4 Å². The SMILES string of the molecule is O=C(/C=C/c1ccccc1[N+](=O)[O-])NCc1cccnc1N1CCOCC1. The number of nitrogens with zero attached hydrogens (tertiary/aromatic N) is 3. The van der Waals surface area contributed by atoms with E-state index < -0.39 is 4.92 Å². The van der Waals surface area contributed by atoms with Crippen LogP contribution in [0.4, 0.5) is 11.5 Å². The van der Waals surface area contributed by atoms with Crippen LogP contribution in [0.5, 0.6) is 0 Å². The zero-order valence-electron chi connectivity index (χ0n) is 14.7. The topological polar surface area (TPSA) is 97.6 Å². The standard InChI is InChI=1S/C19H20N4O4/c24-18(8-7-15-4-1-2-6-17(15)23(25)26)21-14-16-5-3-9-20-19(16)22-10-12-27-13-11-22/h1-9H,10-14H2,(H,21,24)/b8-7+. The van der Waals surface area contributed by atoms with Gasteiger partial charge in [-0.2, -0.15) is 0 Å². The molecule has 1 N–H and O–H groups in total. The van der Waals surface area contributed by atoms with Crippen LogP contribution in [-0.2, 0) is 16.1 Å². The number of carbonyl (C=O) groups is 1. The molecule has 0 saturated carbocycles. The van der Waals surface area contributed by atoms with E-state index in [1.807, 2.05) is 12.1 Å². The Morgan fingerprint density at radius 1 is 1.26 bits per heavy atom. The number of anilines is 1. The molecule has 0 unspecified atom stereocenters. The second-order valence-electron chi connectivity index (χ2n) is 5.95. The molecule has 2 aromatic rings. The molecule has 8 nitrogen and oxygen atoms in total. The summed E-state index contributed by atoms with van der Waals surface area (Å²) < 4.78 is 5.36. The van der Waals surface area contributed by atoms with Gasteiger partial charge in [-0.15, -0.1) is 0 Å². The van der Waals surface area contributed by atoms with E-state index in [0.717, 1.165) is 24.5 Å². The number of benzene rings is 1. The summed E-state index contributed by atoms with van der Waals surface area (Å²) in [5, 5.41) is 13.8. The lowest BCUT2D eigenvalue weighted by Crippen LogP contribution is -2.37. The summed E-state index contributed by atoms with van der Waals surface area (Å²) in [6, 6.07) is 10.0. The fourth-order valence-corrected chi connectivity index (χ4v) is 2.83. The van der Waals surface area contributed by atoms with Gasteiger partial charge in [0.15, 0.2) is 0 Å². The van der Waals surface area contributed by atoms with Crippen molar-refractivity contribution in [3.8, 4) is 0 Å². The monoisotopic (exact) mass is 368 g/mol. The number of para-hydroxylation sites is 1. The molecule has 0 spiro atoms. The average molecular weight is 368 g/mol. The minimum absolute atomic E-state index is 0.0385. The van der Waals surface area contributed by atoms with Gasteiger partial charge in [0.05, 0.1) is 23.7 Å². The molecular formula is C19H20N4O4. The number of hydrogen-bond acceptors (Lipinski definition) is 6. The number of morpholine rings is 1. The van der Waals surface area contributed by atoms with Crippen LogP contribution in [0, 0.1) is 10.1 Å². The van der Waals surface area contributed by atoms with Crippen molar-refractivity contribution in [2.75, 3.05) is 31.2 Å². The molecular weight excluding hydrogens is 348 g/mol. The first-order valence-corrected chi connectivity index (χ1v) is 8.61. The van der Waals surface area contributed by atoms with Crippen molar-refractivity contribution in [2.24, 2.45) is 0 Å². The van der Waals surface area contributed by atoms with Crippen molar-refractivity contribution in [3.05, 3.63) is 69.9 Å². The van der Waals surface area contributed by atoms with Crippen molar-refractivity contribution in [1.29, 1.82) is 0 Å². The van der Waals surface area contributed by atoms with Gasteiger partial charge in [-0.3, -0.25) is 14.9 Å². The highest BCUT2D eigenvalue weighted by atomic mass is 16.6. The van der Waals surface area contributed by atoms with Crippen molar-refractivity contribution in [3.63, 3.8) is 0 Å². The van der Waals surface area contributed by atoms with Crippen LogP contribution >= 0.6 is 0 Å². The summed E-state index contributed by atoms with van der Waals surface area (Å²) in [4.78, 5) is 29.2. The molecule has 1 aliphatic heterocycles. The Kier molecular flexibility index (Phi) is 6.11. The predicted molar refractivity (Wildman–Crippen MR) is 101 cm³/mol. The highest BCUT2D eigenvalue weighted by Gasteiger charge is 2.16. The van der Waals surface area contributed by atoms with Crippen molar-refractivity contribution >= 4 is 23.5 Å². The predicted octanol–water partition coefficient (Wildman–Crippen LogP) is 2.16. The minimum atomic E-state index is -0.470. The Morgan fingerprint density at radius 3 is 2.81 bits per heavy atom. The largest absolute Gasteiger partial charge is 0.378 e. The molecule has 1 fully saturated rings. The van der Waals surface area contributed by atoms with E-state index in [2.05, 4.69) is 15.2 Å². The van der Waals surface area contributed by atoms with Gasteiger partial charge in [0.2, 0.25) is 5.91 Å². The molecule has 1 aromatic carbocycles.